The Bertz CT molecular complexity index is 236. The van der Waals surface area contributed by atoms with Crippen LogP contribution in [0.2, 0.25) is 0 Å². The zero-order valence-corrected chi connectivity index (χ0v) is 6.75. The maximum absolute atomic E-state index is 3.88. The van der Waals surface area contributed by atoms with Gasteiger partial charge in [0.15, 0.2) is 0 Å². The molecule has 0 saturated heterocycles. The molecule has 0 aromatic heterocycles. The fraction of sp³-hybridized carbons (Fsp3) is 0.222. The Morgan fingerprint density at radius 3 is 3.00 bits per heavy atom. The van der Waals surface area contributed by atoms with Gasteiger partial charge in [-0.1, -0.05) is 12.7 Å². The summed E-state index contributed by atoms with van der Waals surface area (Å²) in [6.07, 6.45) is 5.74. The molecule has 0 atom stereocenters. The monoisotopic (exact) mass is 148 g/mol. The minimum absolute atomic E-state index is 0.869. The van der Waals surface area contributed by atoms with Crippen LogP contribution in [0.5, 0.6) is 0 Å². The number of likely N-dealkylation sites (N-methyl/N-ethyl adjacent to an activating group) is 1. The van der Waals surface area contributed by atoms with Crippen LogP contribution in [0.4, 0.5) is 0 Å². The van der Waals surface area contributed by atoms with Crippen LogP contribution in [0, 0.1) is 0 Å². The van der Waals surface area contributed by atoms with Crippen LogP contribution >= 0.6 is 0 Å². The number of nitrogens with zero attached hydrogens (tertiary/aromatic N) is 2. The highest BCUT2D eigenvalue weighted by atomic mass is 15.1. The average Bonchev–Trinajstić information content (AvgIpc) is 2.04. The summed E-state index contributed by atoms with van der Waals surface area (Å²) in [5.74, 6) is 0. The van der Waals surface area contributed by atoms with E-state index in [1.807, 2.05) is 25.4 Å². The highest BCUT2D eigenvalue weighted by Crippen LogP contribution is 2.14. The zero-order valence-electron chi connectivity index (χ0n) is 6.75. The van der Waals surface area contributed by atoms with Gasteiger partial charge >= 0.3 is 0 Å². The van der Waals surface area contributed by atoms with Gasteiger partial charge in [0.05, 0.1) is 5.70 Å². The smallest absolute Gasteiger partial charge is 0.0686 e. The summed E-state index contributed by atoms with van der Waals surface area (Å²) in [4.78, 5) is 5.95. The molecule has 0 aromatic carbocycles. The summed E-state index contributed by atoms with van der Waals surface area (Å²) in [5.41, 5.74) is 2.06. The van der Waals surface area contributed by atoms with Crippen LogP contribution < -0.4 is 0 Å². The summed E-state index contributed by atoms with van der Waals surface area (Å²) in [6, 6.07) is 0. The summed E-state index contributed by atoms with van der Waals surface area (Å²) in [5, 5.41) is 0. The molecule has 1 rings (SSSR count). The Labute approximate surface area is 67.2 Å². The van der Waals surface area contributed by atoms with Crippen LogP contribution in [-0.2, 0) is 0 Å². The topological polar surface area (TPSA) is 15.6 Å². The van der Waals surface area contributed by atoms with Crippen LogP contribution in [-0.4, -0.2) is 25.2 Å². The molecule has 0 bridgehead atoms. The van der Waals surface area contributed by atoms with Gasteiger partial charge in [0.25, 0.3) is 0 Å². The van der Waals surface area contributed by atoms with Gasteiger partial charge in [-0.25, -0.2) is 0 Å². The van der Waals surface area contributed by atoms with E-state index in [4.69, 9.17) is 0 Å². The maximum atomic E-state index is 3.88. The SMILES string of the molecule is C=CC1=C(N=C)C=CN(C)C1. The van der Waals surface area contributed by atoms with Crippen molar-refractivity contribution in [2.45, 2.75) is 0 Å². The molecule has 0 aliphatic carbocycles. The Kier molecular flexibility index (Phi) is 2.26. The highest BCUT2D eigenvalue weighted by molar-refractivity contribution is 5.41. The lowest BCUT2D eigenvalue weighted by Gasteiger charge is -2.19. The predicted molar refractivity (Wildman–Crippen MR) is 48.5 cm³/mol. The molecule has 2 nitrogen and oxygen atoms in total. The highest BCUT2D eigenvalue weighted by Gasteiger charge is 2.05. The molecule has 0 fully saturated rings. The van der Waals surface area contributed by atoms with Crippen LogP contribution in [0.15, 0.2) is 41.2 Å². The molecular weight excluding hydrogens is 136 g/mol. The fourth-order valence-corrected chi connectivity index (χ4v) is 1.03. The van der Waals surface area contributed by atoms with Gasteiger partial charge < -0.3 is 4.90 Å². The van der Waals surface area contributed by atoms with E-state index in [-0.39, 0.29) is 0 Å². The average molecular weight is 148 g/mol. The number of allylic oxidation sites excluding steroid dienone is 1. The van der Waals surface area contributed by atoms with Crippen molar-refractivity contribution >= 4 is 6.72 Å². The third-order valence-corrected chi connectivity index (χ3v) is 1.65. The lowest BCUT2D eigenvalue weighted by Crippen LogP contribution is -2.17. The molecule has 0 aromatic rings. The first kappa shape index (κ1) is 7.79. The number of hydrogen-bond donors (Lipinski definition) is 0. The first-order valence-corrected chi connectivity index (χ1v) is 3.48. The van der Waals surface area contributed by atoms with Crippen LogP contribution in [0.3, 0.4) is 0 Å². The van der Waals surface area contributed by atoms with Gasteiger partial charge in [-0.05, 0) is 18.4 Å². The Hall–Kier alpha value is -1.31. The molecule has 1 aliphatic heterocycles. The second-order valence-corrected chi connectivity index (χ2v) is 2.50. The van der Waals surface area contributed by atoms with E-state index in [0.717, 1.165) is 17.8 Å². The van der Waals surface area contributed by atoms with Gasteiger partial charge in [0.2, 0.25) is 0 Å². The molecule has 58 valence electrons. The van der Waals surface area contributed by atoms with Crippen molar-refractivity contribution in [3.63, 3.8) is 0 Å². The summed E-state index contributed by atoms with van der Waals surface area (Å²) < 4.78 is 0. The number of hydrogen-bond acceptors (Lipinski definition) is 2. The van der Waals surface area contributed by atoms with E-state index >= 15 is 0 Å². The molecule has 2 heteroatoms. The normalized spacial score (nSPS) is 17.0. The third kappa shape index (κ3) is 1.58. The molecule has 0 amide bonds. The van der Waals surface area contributed by atoms with Gasteiger partial charge in [-0.2, -0.15) is 0 Å². The quantitative estimate of drug-likeness (QED) is 0.543. The Morgan fingerprint density at radius 2 is 2.45 bits per heavy atom. The number of aliphatic imine (C=N–C) groups is 1. The second-order valence-electron chi connectivity index (χ2n) is 2.50. The van der Waals surface area contributed by atoms with E-state index < -0.39 is 0 Å². The van der Waals surface area contributed by atoms with Crippen molar-refractivity contribution < 1.29 is 0 Å². The van der Waals surface area contributed by atoms with E-state index in [2.05, 4.69) is 23.2 Å². The number of rotatable bonds is 2. The summed E-state index contributed by atoms with van der Waals surface area (Å²) in [6.45, 7) is 8.06. The largest absolute Gasteiger partial charge is 0.376 e. The summed E-state index contributed by atoms with van der Waals surface area (Å²) in [7, 11) is 2.01. The predicted octanol–water partition coefficient (Wildman–Crippen LogP) is 1.59. The van der Waals surface area contributed by atoms with Crippen molar-refractivity contribution in [3.05, 3.63) is 36.2 Å². The van der Waals surface area contributed by atoms with Gasteiger partial charge in [0.1, 0.15) is 0 Å². The maximum Gasteiger partial charge on any atom is 0.0686 e. The molecule has 0 spiro atoms. The van der Waals surface area contributed by atoms with Crippen molar-refractivity contribution in [2.24, 2.45) is 4.99 Å². The van der Waals surface area contributed by atoms with Crippen LogP contribution in [0.25, 0.3) is 0 Å². The minimum Gasteiger partial charge on any atom is -0.376 e. The van der Waals surface area contributed by atoms with Gasteiger partial charge in [-0.15, -0.1) is 0 Å². The van der Waals surface area contributed by atoms with Crippen molar-refractivity contribution in [1.82, 2.24) is 4.90 Å². The van der Waals surface area contributed by atoms with Crippen molar-refractivity contribution in [3.8, 4) is 0 Å². The standard InChI is InChI=1S/C9H12N2/c1-4-8-7-11(3)6-5-9(8)10-2/h4-6H,1-2,7H2,3H3. The van der Waals surface area contributed by atoms with E-state index in [1.165, 1.54) is 0 Å². The lowest BCUT2D eigenvalue weighted by atomic mass is 10.1. The third-order valence-electron chi connectivity index (χ3n) is 1.65. The van der Waals surface area contributed by atoms with E-state index in [9.17, 15) is 0 Å². The van der Waals surface area contributed by atoms with E-state index in [0.29, 0.717) is 0 Å². The zero-order chi connectivity index (χ0) is 8.27. The molecule has 11 heavy (non-hydrogen) atoms. The first-order valence-electron chi connectivity index (χ1n) is 3.48. The molecule has 0 N–H and O–H groups in total. The molecule has 1 heterocycles. The Balaban J connectivity index is 2.93. The van der Waals surface area contributed by atoms with Gasteiger partial charge in [0, 0.05) is 19.8 Å². The van der Waals surface area contributed by atoms with Crippen molar-refractivity contribution in [2.75, 3.05) is 13.6 Å². The second kappa shape index (κ2) is 3.19. The molecule has 0 unspecified atom stereocenters. The van der Waals surface area contributed by atoms with Crippen molar-refractivity contribution in [1.29, 1.82) is 0 Å². The molecular formula is C9H12N2. The molecule has 0 radical (unpaired) electrons. The fourth-order valence-electron chi connectivity index (χ4n) is 1.03. The molecule has 0 saturated carbocycles. The summed E-state index contributed by atoms with van der Waals surface area (Å²) >= 11 is 0. The molecule has 1 aliphatic rings. The van der Waals surface area contributed by atoms with Crippen LogP contribution in [0.1, 0.15) is 0 Å². The Morgan fingerprint density at radius 1 is 1.73 bits per heavy atom. The first-order chi connectivity index (χ1) is 5.27. The lowest BCUT2D eigenvalue weighted by molar-refractivity contribution is 0.492. The van der Waals surface area contributed by atoms with Gasteiger partial charge in [-0.3, -0.25) is 4.99 Å². The minimum atomic E-state index is 0.869. The van der Waals surface area contributed by atoms with E-state index in [1.54, 1.807) is 0 Å².